The normalized spacial score (nSPS) is 16.2. The molecule has 0 saturated carbocycles. The van der Waals surface area contributed by atoms with Crippen LogP contribution in [-0.2, 0) is 0 Å². The Morgan fingerprint density at radius 3 is 2.52 bits per heavy atom. The maximum Gasteiger partial charge on any atom is 0.257 e. The van der Waals surface area contributed by atoms with E-state index in [-0.39, 0.29) is 30.1 Å². The third-order valence-electron chi connectivity index (χ3n) is 3.50. The number of likely N-dealkylation sites (tertiary alicyclic amines) is 1. The van der Waals surface area contributed by atoms with Gasteiger partial charge in [-0.15, -0.1) is 24.0 Å². The average molecular weight is 439 g/mol. The van der Waals surface area contributed by atoms with Crippen LogP contribution in [0.3, 0.4) is 0 Å². The number of hydrogen-bond donors (Lipinski definition) is 1. The van der Waals surface area contributed by atoms with Crippen molar-refractivity contribution in [2.75, 3.05) is 26.2 Å². The minimum Gasteiger partial charge on any atom is -0.490 e. The molecule has 0 radical (unpaired) electrons. The summed E-state index contributed by atoms with van der Waals surface area (Å²) in [6.07, 6.45) is -0.536. The number of hydrogen-bond acceptors (Lipinski definition) is 2. The zero-order chi connectivity index (χ0) is 15.8. The first-order valence-corrected chi connectivity index (χ1v) is 7.72. The van der Waals surface area contributed by atoms with Gasteiger partial charge in [-0.2, -0.15) is 0 Å². The molecule has 130 valence electrons. The summed E-state index contributed by atoms with van der Waals surface area (Å²) in [5, 5.41) is 3.07. The van der Waals surface area contributed by atoms with Crippen molar-refractivity contribution in [3.8, 4) is 5.75 Å². The van der Waals surface area contributed by atoms with E-state index < -0.39 is 13.0 Å². The van der Waals surface area contributed by atoms with Gasteiger partial charge >= 0.3 is 0 Å². The molecule has 0 bridgehead atoms. The van der Waals surface area contributed by atoms with E-state index in [1.165, 1.54) is 0 Å². The van der Waals surface area contributed by atoms with Crippen molar-refractivity contribution in [1.82, 2.24) is 10.2 Å². The Labute approximate surface area is 153 Å². The number of halogens is 3. The summed E-state index contributed by atoms with van der Waals surface area (Å²) in [6.45, 7) is 3.66. The van der Waals surface area contributed by atoms with Gasteiger partial charge in [-0.25, -0.2) is 13.8 Å². The smallest absolute Gasteiger partial charge is 0.257 e. The molecule has 0 aliphatic carbocycles. The van der Waals surface area contributed by atoms with Crippen LogP contribution in [0.1, 0.15) is 19.8 Å². The maximum atomic E-state index is 12.3. The molecule has 4 nitrogen and oxygen atoms in total. The summed E-state index contributed by atoms with van der Waals surface area (Å²) in [5.74, 6) is 1.44. The summed E-state index contributed by atoms with van der Waals surface area (Å²) in [5.41, 5.74) is 0. The van der Waals surface area contributed by atoms with Crippen molar-refractivity contribution in [1.29, 1.82) is 0 Å². The molecule has 1 N–H and O–H groups in total. The molecular weight excluding hydrogens is 415 g/mol. The Balaban J connectivity index is 0.00000264. The molecule has 1 aromatic rings. The van der Waals surface area contributed by atoms with Crippen molar-refractivity contribution in [2.24, 2.45) is 4.99 Å². The highest BCUT2D eigenvalue weighted by Crippen LogP contribution is 2.18. The first-order valence-electron chi connectivity index (χ1n) is 7.72. The van der Waals surface area contributed by atoms with Crippen molar-refractivity contribution < 1.29 is 13.5 Å². The van der Waals surface area contributed by atoms with E-state index in [1.807, 2.05) is 42.2 Å². The highest BCUT2D eigenvalue weighted by molar-refractivity contribution is 14.0. The van der Waals surface area contributed by atoms with E-state index in [9.17, 15) is 8.78 Å². The van der Waals surface area contributed by atoms with Crippen LogP contribution in [0.15, 0.2) is 35.3 Å². The fraction of sp³-hybridized carbons (Fsp3) is 0.562. The SMILES string of the molecule is CCNC(=NCC(F)F)N1CCC(Oc2ccccc2)CC1.I. The third-order valence-corrected chi connectivity index (χ3v) is 3.50. The first kappa shape index (κ1) is 19.9. The summed E-state index contributed by atoms with van der Waals surface area (Å²) >= 11 is 0. The highest BCUT2D eigenvalue weighted by Gasteiger charge is 2.22. The lowest BCUT2D eigenvalue weighted by atomic mass is 10.1. The van der Waals surface area contributed by atoms with Crippen LogP contribution < -0.4 is 10.1 Å². The number of guanidine groups is 1. The first-order chi connectivity index (χ1) is 10.7. The number of nitrogens with zero attached hydrogens (tertiary/aromatic N) is 2. The predicted molar refractivity (Wildman–Crippen MR) is 99.1 cm³/mol. The van der Waals surface area contributed by atoms with Gasteiger partial charge in [0.2, 0.25) is 0 Å². The molecule has 1 aliphatic rings. The minimum absolute atomic E-state index is 0. The number of ether oxygens (including phenoxy) is 1. The molecule has 0 atom stereocenters. The van der Waals surface area contributed by atoms with Crippen LogP contribution in [-0.4, -0.2) is 49.6 Å². The van der Waals surface area contributed by atoms with Gasteiger partial charge in [0.1, 0.15) is 18.4 Å². The van der Waals surface area contributed by atoms with Crippen LogP contribution >= 0.6 is 24.0 Å². The Hall–Kier alpha value is -1.12. The van der Waals surface area contributed by atoms with Crippen LogP contribution in [0, 0.1) is 0 Å². The summed E-state index contributed by atoms with van der Waals surface area (Å²) in [4.78, 5) is 6.01. The lowest BCUT2D eigenvalue weighted by molar-refractivity contribution is 0.128. The third kappa shape index (κ3) is 6.88. The molecule has 1 fully saturated rings. The van der Waals surface area contributed by atoms with Crippen LogP contribution in [0.4, 0.5) is 8.78 Å². The molecule has 1 aromatic carbocycles. The van der Waals surface area contributed by atoms with Gasteiger partial charge in [0.05, 0.1) is 0 Å². The lowest BCUT2D eigenvalue weighted by Crippen LogP contribution is -2.47. The lowest BCUT2D eigenvalue weighted by Gasteiger charge is -2.34. The molecule has 0 amide bonds. The second-order valence-corrected chi connectivity index (χ2v) is 5.20. The van der Waals surface area contributed by atoms with Crippen molar-refractivity contribution in [3.63, 3.8) is 0 Å². The number of rotatable bonds is 5. The molecular formula is C16H24F2IN3O. The van der Waals surface area contributed by atoms with Gasteiger partial charge in [-0.05, 0) is 19.1 Å². The number of alkyl halides is 2. The number of benzene rings is 1. The van der Waals surface area contributed by atoms with E-state index in [2.05, 4.69) is 10.3 Å². The number of aliphatic imine (C=N–C) groups is 1. The average Bonchev–Trinajstić information content (AvgIpc) is 2.53. The number of piperidine rings is 1. The molecule has 2 rings (SSSR count). The van der Waals surface area contributed by atoms with Gasteiger partial charge in [-0.1, -0.05) is 18.2 Å². The Morgan fingerprint density at radius 1 is 1.30 bits per heavy atom. The monoisotopic (exact) mass is 439 g/mol. The summed E-state index contributed by atoms with van der Waals surface area (Å²) in [7, 11) is 0. The van der Waals surface area contributed by atoms with E-state index in [0.29, 0.717) is 12.5 Å². The fourth-order valence-corrected chi connectivity index (χ4v) is 2.46. The topological polar surface area (TPSA) is 36.9 Å². The predicted octanol–water partition coefficient (Wildman–Crippen LogP) is 3.38. The molecule has 7 heteroatoms. The van der Waals surface area contributed by atoms with E-state index in [4.69, 9.17) is 4.74 Å². The Morgan fingerprint density at radius 2 is 1.96 bits per heavy atom. The number of para-hydroxylation sites is 1. The zero-order valence-electron chi connectivity index (χ0n) is 13.3. The van der Waals surface area contributed by atoms with Crippen molar-refractivity contribution in [3.05, 3.63) is 30.3 Å². The number of nitrogens with one attached hydrogen (secondary N) is 1. The van der Waals surface area contributed by atoms with Crippen LogP contribution in [0.25, 0.3) is 0 Å². The maximum absolute atomic E-state index is 12.3. The van der Waals surface area contributed by atoms with E-state index in [0.717, 1.165) is 31.7 Å². The molecule has 23 heavy (non-hydrogen) atoms. The molecule has 0 spiro atoms. The van der Waals surface area contributed by atoms with Gasteiger partial charge < -0.3 is 15.0 Å². The largest absolute Gasteiger partial charge is 0.490 e. The van der Waals surface area contributed by atoms with E-state index >= 15 is 0 Å². The second-order valence-electron chi connectivity index (χ2n) is 5.20. The van der Waals surface area contributed by atoms with Crippen molar-refractivity contribution in [2.45, 2.75) is 32.3 Å². The molecule has 1 saturated heterocycles. The minimum atomic E-state index is -2.41. The van der Waals surface area contributed by atoms with Gasteiger partial charge in [0.25, 0.3) is 6.43 Å². The Bertz CT molecular complexity index is 466. The van der Waals surface area contributed by atoms with Gasteiger partial charge in [0, 0.05) is 32.5 Å². The second kappa shape index (κ2) is 10.6. The quantitative estimate of drug-likeness (QED) is 0.434. The highest BCUT2D eigenvalue weighted by atomic mass is 127. The van der Waals surface area contributed by atoms with Gasteiger partial charge in [0.15, 0.2) is 5.96 Å². The van der Waals surface area contributed by atoms with Crippen LogP contribution in [0.5, 0.6) is 5.75 Å². The zero-order valence-corrected chi connectivity index (χ0v) is 15.6. The standard InChI is InChI=1S/C16H23F2N3O.HI/c1-2-19-16(20-12-15(17)18)21-10-8-14(9-11-21)22-13-6-4-3-5-7-13;/h3-7,14-15H,2,8-12H2,1H3,(H,19,20);1H. The van der Waals surface area contributed by atoms with E-state index in [1.54, 1.807) is 0 Å². The molecule has 0 unspecified atom stereocenters. The summed E-state index contributed by atoms with van der Waals surface area (Å²) in [6, 6.07) is 9.74. The van der Waals surface area contributed by atoms with Crippen LogP contribution in [0.2, 0.25) is 0 Å². The molecule has 1 aliphatic heterocycles. The Kier molecular flexibility index (Phi) is 9.20. The summed E-state index contributed by atoms with van der Waals surface area (Å²) < 4.78 is 30.6. The van der Waals surface area contributed by atoms with Gasteiger partial charge in [-0.3, -0.25) is 0 Å². The molecule has 0 aromatic heterocycles. The van der Waals surface area contributed by atoms with Crippen molar-refractivity contribution >= 4 is 29.9 Å². The fourth-order valence-electron chi connectivity index (χ4n) is 2.46. The molecule has 1 heterocycles.